The number of pyridine rings is 1. The summed E-state index contributed by atoms with van der Waals surface area (Å²) in [6.07, 6.45) is 6.67. The van der Waals surface area contributed by atoms with E-state index < -0.39 is 0 Å². The van der Waals surface area contributed by atoms with Gasteiger partial charge in [-0.2, -0.15) is 5.10 Å². The molecule has 2 aliphatic heterocycles. The number of aromatic nitrogens is 3. The summed E-state index contributed by atoms with van der Waals surface area (Å²) < 4.78 is 11.9. The van der Waals surface area contributed by atoms with E-state index in [-0.39, 0.29) is 0 Å². The van der Waals surface area contributed by atoms with Gasteiger partial charge in [0, 0.05) is 54.7 Å². The molecule has 3 aromatic rings. The number of benzene rings is 1. The van der Waals surface area contributed by atoms with Gasteiger partial charge in [0.25, 0.3) is 0 Å². The molecule has 8 nitrogen and oxygen atoms in total. The lowest BCUT2D eigenvalue weighted by atomic mass is 9.97. The predicted octanol–water partition coefficient (Wildman–Crippen LogP) is 3.34. The normalized spacial score (nSPS) is 19.0. The lowest BCUT2D eigenvalue weighted by molar-refractivity contribution is -0.108. The number of carbonyl (C=O) groups excluding carboxylic acids is 1. The van der Waals surface area contributed by atoms with Crippen molar-refractivity contribution in [2.24, 2.45) is 0 Å². The first-order valence-electron chi connectivity index (χ1n) is 11.6. The van der Waals surface area contributed by atoms with Crippen LogP contribution in [0.15, 0.2) is 48.8 Å². The third-order valence-electron chi connectivity index (χ3n) is 6.44. The van der Waals surface area contributed by atoms with Crippen LogP contribution in [-0.2, 0) is 4.79 Å². The Morgan fingerprint density at radius 2 is 2.03 bits per heavy atom. The molecule has 1 N–H and O–H groups in total. The van der Waals surface area contributed by atoms with Gasteiger partial charge in [-0.3, -0.25) is 10.00 Å². The van der Waals surface area contributed by atoms with Crippen LogP contribution < -0.4 is 9.47 Å². The predicted molar refractivity (Wildman–Crippen MR) is 125 cm³/mol. The number of carbonyl (C=O) groups is 1. The van der Waals surface area contributed by atoms with E-state index in [1.807, 2.05) is 30.3 Å². The van der Waals surface area contributed by atoms with E-state index in [0.29, 0.717) is 24.9 Å². The largest absolute Gasteiger partial charge is 0.493 e. The Kier molecular flexibility index (Phi) is 6.64. The highest BCUT2D eigenvalue weighted by Gasteiger charge is 2.26. The minimum absolute atomic E-state index is 0.398. The first kappa shape index (κ1) is 21.6. The highest BCUT2D eigenvalue weighted by Crippen LogP contribution is 2.39. The highest BCUT2D eigenvalue weighted by molar-refractivity contribution is 5.57. The Hall–Kier alpha value is -3.23. The SMILES string of the molecule is O=CCN1CCCN(CCC2COc3cc(Oc4ccc(-c5ccn[nH]5)cn4)ccc32)CC1. The van der Waals surface area contributed by atoms with Gasteiger partial charge in [-0.15, -0.1) is 0 Å². The number of hydrogen-bond acceptors (Lipinski definition) is 7. The van der Waals surface area contributed by atoms with Crippen molar-refractivity contribution < 1.29 is 14.3 Å². The molecule has 0 aliphatic carbocycles. The minimum Gasteiger partial charge on any atom is -0.493 e. The summed E-state index contributed by atoms with van der Waals surface area (Å²) in [7, 11) is 0. The van der Waals surface area contributed by atoms with Gasteiger partial charge in [0.05, 0.1) is 18.8 Å². The molecule has 0 bridgehead atoms. The van der Waals surface area contributed by atoms with Gasteiger partial charge >= 0.3 is 0 Å². The summed E-state index contributed by atoms with van der Waals surface area (Å²) in [4.78, 5) is 19.9. The third-order valence-corrected chi connectivity index (χ3v) is 6.44. The Bertz CT molecular complexity index is 1050. The summed E-state index contributed by atoms with van der Waals surface area (Å²) in [5.41, 5.74) is 3.13. The number of fused-ring (bicyclic) bond motifs is 1. The summed E-state index contributed by atoms with van der Waals surface area (Å²) in [5, 5.41) is 6.90. The molecule has 33 heavy (non-hydrogen) atoms. The van der Waals surface area contributed by atoms with Crippen LogP contribution in [0.1, 0.15) is 24.3 Å². The highest BCUT2D eigenvalue weighted by atomic mass is 16.5. The van der Waals surface area contributed by atoms with Gasteiger partial charge in [0.2, 0.25) is 5.88 Å². The van der Waals surface area contributed by atoms with E-state index in [0.717, 1.165) is 74.6 Å². The number of nitrogens with one attached hydrogen (secondary N) is 1. The second-order valence-corrected chi connectivity index (χ2v) is 8.62. The number of rotatable bonds is 8. The fourth-order valence-corrected chi connectivity index (χ4v) is 4.57. The van der Waals surface area contributed by atoms with E-state index in [1.165, 1.54) is 5.56 Å². The number of ether oxygens (including phenoxy) is 2. The van der Waals surface area contributed by atoms with Gasteiger partial charge in [-0.05, 0) is 50.7 Å². The maximum atomic E-state index is 10.8. The molecule has 1 fully saturated rings. The molecule has 0 radical (unpaired) electrons. The monoisotopic (exact) mass is 447 g/mol. The van der Waals surface area contributed by atoms with Crippen LogP contribution in [0.2, 0.25) is 0 Å². The summed E-state index contributed by atoms with van der Waals surface area (Å²) in [6, 6.07) is 11.8. The zero-order valence-corrected chi connectivity index (χ0v) is 18.7. The number of aldehydes is 1. The number of H-pyrrole nitrogens is 1. The smallest absolute Gasteiger partial charge is 0.219 e. The van der Waals surface area contributed by atoms with Crippen LogP contribution in [0.25, 0.3) is 11.3 Å². The Labute approximate surface area is 193 Å². The van der Waals surface area contributed by atoms with Crippen molar-refractivity contribution in [3.8, 4) is 28.6 Å². The second kappa shape index (κ2) is 10.1. The molecular formula is C25H29N5O3. The Morgan fingerprint density at radius 1 is 1.12 bits per heavy atom. The van der Waals surface area contributed by atoms with Crippen LogP contribution in [0.5, 0.6) is 17.4 Å². The van der Waals surface area contributed by atoms with Crippen molar-refractivity contribution in [1.82, 2.24) is 25.0 Å². The van der Waals surface area contributed by atoms with Crippen molar-refractivity contribution in [1.29, 1.82) is 0 Å². The van der Waals surface area contributed by atoms with Crippen molar-refractivity contribution in [2.75, 3.05) is 45.9 Å². The minimum atomic E-state index is 0.398. The van der Waals surface area contributed by atoms with Crippen LogP contribution in [0.3, 0.4) is 0 Å². The van der Waals surface area contributed by atoms with Crippen molar-refractivity contribution in [3.05, 3.63) is 54.4 Å². The van der Waals surface area contributed by atoms with Gasteiger partial charge in [0.15, 0.2) is 0 Å². The van der Waals surface area contributed by atoms with E-state index >= 15 is 0 Å². The standard InChI is InChI=1S/C25H29N5O3/c31-15-14-30-10-1-9-29(12-13-30)11-7-20-18-32-24-16-21(3-4-22(20)24)33-25-5-2-19(17-26-25)23-6-8-27-28-23/h2-6,8,15-17,20H,1,7,9-14,18H2,(H,27,28). The molecule has 5 rings (SSSR count). The fraction of sp³-hybridized carbons (Fsp3) is 0.400. The average Bonchev–Trinajstić information content (AvgIpc) is 3.46. The van der Waals surface area contributed by atoms with E-state index in [9.17, 15) is 4.79 Å². The topological polar surface area (TPSA) is 83.6 Å². The lowest BCUT2D eigenvalue weighted by Crippen LogP contribution is -2.32. The van der Waals surface area contributed by atoms with Crippen LogP contribution in [0, 0.1) is 0 Å². The van der Waals surface area contributed by atoms with E-state index in [4.69, 9.17) is 9.47 Å². The maximum Gasteiger partial charge on any atom is 0.219 e. The van der Waals surface area contributed by atoms with Crippen LogP contribution in [-0.4, -0.2) is 77.1 Å². The molecule has 2 aromatic heterocycles. The zero-order chi connectivity index (χ0) is 22.5. The average molecular weight is 448 g/mol. The molecule has 1 saturated heterocycles. The number of nitrogens with zero attached hydrogens (tertiary/aromatic N) is 4. The van der Waals surface area contributed by atoms with Crippen molar-refractivity contribution >= 4 is 6.29 Å². The van der Waals surface area contributed by atoms with E-state index in [1.54, 1.807) is 12.4 Å². The van der Waals surface area contributed by atoms with Crippen molar-refractivity contribution in [3.63, 3.8) is 0 Å². The van der Waals surface area contributed by atoms with Crippen LogP contribution >= 0.6 is 0 Å². The quantitative estimate of drug-likeness (QED) is 0.530. The summed E-state index contributed by atoms with van der Waals surface area (Å²) in [5.74, 6) is 2.56. The number of hydrogen-bond donors (Lipinski definition) is 1. The first-order chi connectivity index (χ1) is 16.3. The third kappa shape index (κ3) is 5.23. The van der Waals surface area contributed by atoms with Gasteiger partial charge in [0.1, 0.15) is 17.8 Å². The maximum absolute atomic E-state index is 10.8. The second-order valence-electron chi connectivity index (χ2n) is 8.62. The van der Waals surface area contributed by atoms with Gasteiger partial charge in [-0.1, -0.05) is 6.07 Å². The lowest BCUT2D eigenvalue weighted by Gasteiger charge is -2.22. The van der Waals surface area contributed by atoms with Crippen molar-refractivity contribution in [2.45, 2.75) is 18.8 Å². The first-order valence-corrected chi connectivity index (χ1v) is 11.6. The summed E-state index contributed by atoms with van der Waals surface area (Å²) >= 11 is 0. The molecule has 0 saturated carbocycles. The molecule has 2 aliphatic rings. The van der Waals surface area contributed by atoms with E-state index in [2.05, 4.69) is 31.0 Å². The molecule has 0 spiro atoms. The molecule has 1 unspecified atom stereocenters. The van der Waals surface area contributed by atoms with Gasteiger partial charge in [-0.25, -0.2) is 4.98 Å². The van der Waals surface area contributed by atoms with Gasteiger partial charge < -0.3 is 19.2 Å². The molecule has 1 atom stereocenters. The molecular weight excluding hydrogens is 418 g/mol. The van der Waals surface area contributed by atoms with Crippen LogP contribution in [0.4, 0.5) is 0 Å². The summed E-state index contributed by atoms with van der Waals surface area (Å²) in [6.45, 7) is 6.39. The zero-order valence-electron chi connectivity index (χ0n) is 18.7. The fourth-order valence-electron chi connectivity index (χ4n) is 4.57. The molecule has 4 heterocycles. The molecule has 1 aromatic carbocycles. The Balaban J connectivity index is 1.16. The molecule has 8 heteroatoms. The number of aromatic amines is 1. The molecule has 172 valence electrons. The Morgan fingerprint density at radius 3 is 2.85 bits per heavy atom. The molecule has 0 amide bonds.